The van der Waals surface area contributed by atoms with Crippen molar-refractivity contribution in [3.05, 3.63) is 71.5 Å². The Morgan fingerprint density at radius 3 is 2.57 bits per heavy atom. The van der Waals surface area contributed by atoms with Gasteiger partial charge in [-0.2, -0.15) is 0 Å². The number of hydrogen-bond donors (Lipinski definition) is 3. The quantitative estimate of drug-likeness (QED) is 0.604. The highest BCUT2D eigenvalue weighted by molar-refractivity contribution is 5.92. The van der Waals surface area contributed by atoms with Crippen molar-refractivity contribution >= 4 is 23.2 Å². The van der Waals surface area contributed by atoms with E-state index in [1.165, 1.54) is 6.33 Å². The van der Waals surface area contributed by atoms with Gasteiger partial charge >= 0.3 is 0 Å². The van der Waals surface area contributed by atoms with Gasteiger partial charge in [0.2, 0.25) is 5.91 Å². The molecule has 0 fully saturated rings. The Morgan fingerprint density at radius 1 is 1.07 bits per heavy atom. The highest BCUT2D eigenvalue weighted by atomic mass is 16.5. The van der Waals surface area contributed by atoms with Crippen molar-refractivity contribution in [2.75, 3.05) is 23.9 Å². The molecule has 0 aliphatic heterocycles. The maximum Gasteiger partial charge on any atom is 0.228 e. The minimum Gasteiger partial charge on any atom is -0.496 e. The summed E-state index contributed by atoms with van der Waals surface area (Å²) in [6, 6.07) is 14.6. The van der Waals surface area contributed by atoms with Gasteiger partial charge in [0.15, 0.2) is 0 Å². The van der Waals surface area contributed by atoms with E-state index in [9.17, 15) is 4.79 Å². The van der Waals surface area contributed by atoms with Gasteiger partial charge in [-0.05, 0) is 24.3 Å². The Bertz CT molecular complexity index is 1050. The second-order valence-corrected chi connectivity index (χ2v) is 5.89. The number of nitrogens with one attached hydrogen (secondary N) is 1. The second-order valence-electron chi connectivity index (χ2n) is 5.89. The molecule has 5 N–H and O–H groups in total. The predicted molar refractivity (Wildman–Crippen MR) is 109 cm³/mol. The van der Waals surface area contributed by atoms with Crippen molar-refractivity contribution in [2.45, 2.75) is 6.42 Å². The van der Waals surface area contributed by atoms with Gasteiger partial charge in [-0.1, -0.05) is 36.1 Å². The molecule has 1 heterocycles. The molecule has 0 atom stereocenters. The van der Waals surface area contributed by atoms with E-state index in [1.54, 1.807) is 25.3 Å². The summed E-state index contributed by atoms with van der Waals surface area (Å²) in [7, 11) is 1.58. The summed E-state index contributed by atoms with van der Waals surface area (Å²) in [5, 5.41) is 2.87. The number of para-hydroxylation sites is 1. The van der Waals surface area contributed by atoms with E-state index in [2.05, 4.69) is 27.1 Å². The number of ether oxygens (including phenoxy) is 1. The molecule has 0 saturated carbocycles. The number of nitrogens with two attached hydrogens (primary N) is 2. The first-order valence-corrected chi connectivity index (χ1v) is 8.46. The molecule has 1 amide bonds. The third-order valence-electron chi connectivity index (χ3n) is 3.93. The Hall–Kier alpha value is -4.05. The first-order chi connectivity index (χ1) is 13.6. The van der Waals surface area contributed by atoms with Crippen LogP contribution in [-0.4, -0.2) is 23.0 Å². The molecule has 0 aliphatic carbocycles. The Kier molecular flexibility index (Phi) is 5.72. The summed E-state index contributed by atoms with van der Waals surface area (Å²) in [6.07, 6.45) is 1.49. The van der Waals surface area contributed by atoms with Crippen molar-refractivity contribution in [1.29, 1.82) is 0 Å². The van der Waals surface area contributed by atoms with Crippen LogP contribution in [0.2, 0.25) is 0 Å². The van der Waals surface area contributed by atoms with Crippen LogP contribution < -0.4 is 21.5 Å². The van der Waals surface area contributed by atoms with Crippen LogP contribution in [0.15, 0.2) is 54.9 Å². The number of nitrogens with zero attached hydrogens (tertiary/aromatic N) is 2. The standard InChI is InChI=1S/C21H19N5O2/c1-28-18-8-3-2-6-15(18)12-19(27)26-16-7-4-5-14(11-16)9-10-17-20(22)24-13-25-21(17)23/h2-8,11,13H,12H2,1H3,(H,26,27)(H4,22,23,24,25). The van der Waals surface area contributed by atoms with Gasteiger partial charge < -0.3 is 21.5 Å². The zero-order valence-electron chi connectivity index (χ0n) is 15.3. The number of carbonyl (C=O) groups is 1. The third-order valence-corrected chi connectivity index (χ3v) is 3.93. The molecule has 140 valence electrons. The monoisotopic (exact) mass is 373 g/mol. The second kappa shape index (κ2) is 8.56. The van der Waals surface area contributed by atoms with E-state index >= 15 is 0 Å². The highest BCUT2D eigenvalue weighted by Crippen LogP contribution is 2.19. The van der Waals surface area contributed by atoms with Crippen molar-refractivity contribution in [1.82, 2.24) is 9.97 Å². The number of nitrogen functional groups attached to an aromatic ring is 2. The summed E-state index contributed by atoms with van der Waals surface area (Å²) in [5.41, 5.74) is 14.1. The van der Waals surface area contributed by atoms with Gasteiger partial charge in [-0.25, -0.2) is 9.97 Å². The van der Waals surface area contributed by atoms with E-state index < -0.39 is 0 Å². The topological polar surface area (TPSA) is 116 Å². The molecule has 0 bridgehead atoms. The smallest absolute Gasteiger partial charge is 0.228 e. The van der Waals surface area contributed by atoms with Gasteiger partial charge in [0, 0.05) is 16.8 Å². The van der Waals surface area contributed by atoms with Gasteiger partial charge in [-0.15, -0.1) is 0 Å². The molecule has 0 aliphatic rings. The zero-order valence-corrected chi connectivity index (χ0v) is 15.3. The lowest BCUT2D eigenvalue weighted by Crippen LogP contribution is -2.14. The zero-order chi connectivity index (χ0) is 19.9. The molecule has 0 saturated heterocycles. The number of hydrogen-bond acceptors (Lipinski definition) is 6. The van der Waals surface area contributed by atoms with E-state index in [1.807, 2.05) is 30.3 Å². The summed E-state index contributed by atoms with van der Waals surface area (Å²) >= 11 is 0. The number of rotatable bonds is 4. The molecule has 28 heavy (non-hydrogen) atoms. The number of anilines is 3. The van der Waals surface area contributed by atoms with Crippen LogP contribution in [0.4, 0.5) is 17.3 Å². The number of methoxy groups -OCH3 is 1. The van der Waals surface area contributed by atoms with Crippen LogP contribution in [0.1, 0.15) is 16.7 Å². The van der Waals surface area contributed by atoms with E-state index in [-0.39, 0.29) is 24.0 Å². The molecule has 0 spiro atoms. The lowest BCUT2D eigenvalue weighted by molar-refractivity contribution is -0.115. The minimum atomic E-state index is -0.153. The minimum absolute atomic E-state index is 0.153. The number of carbonyl (C=O) groups excluding carboxylic acids is 1. The third kappa shape index (κ3) is 4.56. The summed E-state index contributed by atoms with van der Waals surface area (Å²) in [6.45, 7) is 0. The molecule has 3 aromatic rings. The molecule has 1 aromatic heterocycles. The van der Waals surface area contributed by atoms with Crippen molar-refractivity contribution in [3.8, 4) is 17.6 Å². The molecular formula is C21H19N5O2. The maximum atomic E-state index is 12.4. The van der Waals surface area contributed by atoms with E-state index in [4.69, 9.17) is 16.2 Å². The van der Waals surface area contributed by atoms with Crippen molar-refractivity contribution in [3.63, 3.8) is 0 Å². The normalized spacial score (nSPS) is 9.89. The number of aromatic nitrogens is 2. The summed E-state index contributed by atoms with van der Waals surface area (Å²) in [5.74, 6) is 6.81. The molecule has 2 aromatic carbocycles. The van der Waals surface area contributed by atoms with E-state index in [0.29, 0.717) is 22.6 Å². The van der Waals surface area contributed by atoms with Crippen molar-refractivity contribution < 1.29 is 9.53 Å². The van der Waals surface area contributed by atoms with Gasteiger partial charge in [0.25, 0.3) is 0 Å². The van der Waals surface area contributed by atoms with Gasteiger partial charge in [-0.3, -0.25) is 4.79 Å². The largest absolute Gasteiger partial charge is 0.496 e. The van der Waals surface area contributed by atoms with Crippen LogP contribution in [-0.2, 0) is 11.2 Å². The highest BCUT2D eigenvalue weighted by Gasteiger charge is 2.09. The van der Waals surface area contributed by atoms with Crippen LogP contribution >= 0.6 is 0 Å². The van der Waals surface area contributed by atoms with Gasteiger partial charge in [0.1, 0.15) is 29.3 Å². The van der Waals surface area contributed by atoms with Gasteiger partial charge in [0.05, 0.1) is 13.5 Å². The molecular weight excluding hydrogens is 354 g/mol. The number of amides is 1. The fourth-order valence-electron chi connectivity index (χ4n) is 2.58. The average Bonchev–Trinajstić information content (AvgIpc) is 2.68. The Labute approximate surface area is 162 Å². The van der Waals surface area contributed by atoms with Crippen LogP contribution in [0.25, 0.3) is 0 Å². The summed E-state index contributed by atoms with van der Waals surface area (Å²) in [4.78, 5) is 20.1. The fourth-order valence-corrected chi connectivity index (χ4v) is 2.58. The molecule has 0 radical (unpaired) electrons. The van der Waals surface area contributed by atoms with Crippen LogP contribution in [0.3, 0.4) is 0 Å². The maximum absolute atomic E-state index is 12.4. The SMILES string of the molecule is COc1ccccc1CC(=O)Nc1cccc(C#Cc2c(N)ncnc2N)c1. The Balaban J connectivity index is 1.74. The lowest BCUT2D eigenvalue weighted by atomic mass is 10.1. The molecule has 7 nitrogen and oxygen atoms in total. The first-order valence-electron chi connectivity index (χ1n) is 8.46. The fraction of sp³-hybridized carbons (Fsp3) is 0.0952. The lowest BCUT2D eigenvalue weighted by Gasteiger charge is -2.09. The van der Waals surface area contributed by atoms with Crippen molar-refractivity contribution in [2.24, 2.45) is 0 Å². The molecule has 7 heteroatoms. The average molecular weight is 373 g/mol. The summed E-state index contributed by atoms with van der Waals surface area (Å²) < 4.78 is 5.28. The molecule has 0 unspecified atom stereocenters. The predicted octanol–water partition coefficient (Wildman–Crippen LogP) is 2.23. The Morgan fingerprint density at radius 2 is 1.82 bits per heavy atom. The first kappa shape index (κ1) is 18.7. The van der Waals surface area contributed by atoms with E-state index in [0.717, 1.165) is 5.56 Å². The number of benzene rings is 2. The van der Waals surface area contributed by atoms with Crippen LogP contribution in [0.5, 0.6) is 5.75 Å². The van der Waals surface area contributed by atoms with Crippen LogP contribution in [0, 0.1) is 11.8 Å². The molecule has 3 rings (SSSR count).